The Hall–Kier alpha value is -1.02. The van der Waals surface area contributed by atoms with Crippen LogP contribution < -0.4 is 5.32 Å². The highest BCUT2D eigenvalue weighted by atomic mass is 16.3. The Morgan fingerprint density at radius 2 is 1.88 bits per heavy atom. The van der Waals surface area contributed by atoms with Gasteiger partial charge >= 0.3 is 0 Å². The highest BCUT2D eigenvalue weighted by molar-refractivity contribution is 5.45. The van der Waals surface area contributed by atoms with E-state index < -0.39 is 0 Å². The third-order valence-electron chi connectivity index (χ3n) is 3.76. The molecule has 1 aromatic rings. The van der Waals surface area contributed by atoms with Crippen LogP contribution in [0.25, 0.3) is 0 Å². The number of anilines is 1. The number of aliphatic hydroxyl groups is 1. The van der Waals surface area contributed by atoms with Gasteiger partial charge < -0.3 is 10.4 Å². The molecule has 17 heavy (non-hydrogen) atoms. The van der Waals surface area contributed by atoms with Crippen LogP contribution in [-0.2, 0) is 6.61 Å². The first-order valence-corrected chi connectivity index (χ1v) is 6.74. The number of hydrogen-bond acceptors (Lipinski definition) is 2. The molecule has 2 atom stereocenters. The molecule has 94 valence electrons. The Morgan fingerprint density at radius 1 is 1.12 bits per heavy atom. The quantitative estimate of drug-likeness (QED) is 0.782. The maximum absolute atomic E-state index is 9.00. The van der Waals surface area contributed by atoms with E-state index in [9.17, 15) is 0 Å². The minimum atomic E-state index is 0.126. The fourth-order valence-electron chi connectivity index (χ4n) is 2.57. The van der Waals surface area contributed by atoms with Crippen molar-refractivity contribution < 1.29 is 5.11 Å². The van der Waals surface area contributed by atoms with E-state index in [0.29, 0.717) is 6.04 Å². The van der Waals surface area contributed by atoms with Crippen molar-refractivity contribution in [2.45, 2.75) is 51.7 Å². The van der Waals surface area contributed by atoms with E-state index in [4.69, 9.17) is 5.11 Å². The number of nitrogens with one attached hydrogen (secondary N) is 1. The summed E-state index contributed by atoms with van der Waals surface area (Å²) in [5.41, 5.74) is 2.16. The molecule has 2 nitrogen and oxygen atoms in total. The zero-order valence-corrected chi connectivity index (χ0v) is 10.7. The second-order valence-electron chi connectivity index (χ2n) is 5.31. The van der Waals surface area contributed by atoms with Crippen LogP contribution in [0, 0.1) is 5.92 Å². The summed E-state index contributed by atoms with van der Waals surface area (Å²) in [6.07, 6.45) is 6.62. The summed E-state index contributed by atoms with van der Waals surface area (Å²) in [7, 11) is 0. The molecule has 1 aromatic carbocycles. The number of aliphatic hydroxyl groups excluding tert-OH is 1. The summed E-state index contributed by atoms with van der Waals surface area (Å²) in [5.74, 6) is 0.888. The topological polar surface area (TPSA) is 32.3 Å². The van der Waals surface area contributed by atoms with E-state index in [1.807, 2.05) is 12.1 Å². The average molecular weight is 233 g/mol. The first-order chi connectivity index (χ1) is 8.28. The van der Waals surface area contributed by atoms with E-state index in [0.717, 1.165) is 11.5 Å². The van der Waals surface area contributed by atoms with Crippen LogP contribution in [0.2, 0.25) is 0 Å². The zero-order chi connectivity index (χ0) is 12.1. The van der Waals surface area contributed by atoms with Crippen molar-refractivity contribution in [1.29, 1.82) is 0 Å². The predicted molar refractivity (Wildman–Crippen MR) is 72.0 cm³/mol. The zero-order valence-electron chi connectivity index (χ0n) is 10.7. The Kier molecular flexibility index (Phi) is 4.43. The van der Waals surface area contributed by atoms with Gasteiger partial charge in [0.15, 0.2) is 0 Å². The number of hydrogen-bond donors (Lipinski definition) is 2. The van der Waals surface area contributed by atoms with Crippen LogP contribution >= 0.6 is 0 Å². The van der Waals surface area contributed by atoms with E-state index >= 15 is 0 Å². The monoisotopic (exact) mass is 233 g/mol. The van der Waals surface area contributed by atoms with Gasteiger partial charge in [-0.2, -0.15) is 0 Å². The molecule has 0 aromatic heterocycles. The smallest absolute Gasteiger partial charge is 0.0681 e. The Bertz CT molecular complexity index is 333. The van der Waals surface area contributed by atoms with Crippen molar-refractivity contribution in [2.24, 2.45) is 5.92 Å². The average Bonchev–Trinajstić information content (AvgIpc) is 2.56. The second-order valence-corrected chi connectivity index (χ2v) is 5.31. The van der Waals surface area contributed by atoms with Gasteiger partial charge in [-0.25, -0.2) is 0 Å². The SMILES string of the molecule is CC1CCCC(Nc2ccc(CO)cc2)CC1. The lowest BCUT2D eigenvalue weighted by atomic mass is 10.0. The molecule has 0 bridgehead atoms. The molecule has 0 radical (unpaired) electrons. The van der Waals surface area contributed by atoms with Gasteiger partial charge in [0.25, 0.3) is 0 Å². The molecule has 0 heterocycles. The summed E-state index contributed by atoms with van der Waals surface area (Å²) in [4.78, 5) is 0. The van der Waals surface area contributed by atoms with Gasteiger partial charge in [-0.3, -0.25) is 0 Å². The third kappa shape index (κ3) is 3.74. The molecule has 1 fully saturated rings. The van der Waals surface area contributed by atoms with Crippen LogP contribution in [0.5, 0.6) is 0 Å². The number of rotatable bonds is 3. The van der Waals surface area contributed by atoms with Crippen molar-refractivity contribution in [2.75, 3.05) is 5.32 Å². The first kappa shape index (κ1) is 12.4. The third-order valence-corrected chi connectivity index (χ3v) is 3.76. The van der Waals surface area contributed by atoms with Crippen LogP contribution in [0.3, 0.4) is 0 Å². The van der Waals surface area contributed by atoms with Gasteiger partial charge in [-0.05, 0) is 42.9 Å². The molecule has 2 unspecified atom stereocenters. The fourth-order valence-corrected chi connectivity index (χ4v) is 2.57. The van der Waals surface area contributed by atoms with Gasteiger partial charge in [0.1, 0.15) is 0 Å². The van der Waals surface area contributed by atoms with Crippen molar-refractivity contribution in [3.63, 3.8) is 0 Å². The summed E-state index contributed by atoms with van der Waals surface area (Å²) >= 11 is 0. The summed E-state index contributed by atoms with van der Waals surface area (Å²) in [6.45, 7) is 2.49. The van der Waals surface area contributed by atoms with Gasteiger partial charge in [0, 0.05) is 11.7 Å². The molecule has 2 heteroatoms. The molecule has 0 spiro atoms. The predicted octanol–water partition coefficient (Wildman–Crippen LogP) is 3.56. The molecule has 0 saturated heterocycles. The maximum Gasteiger partial charge on any atom is 0.0681 e. The molecule has 1 aliphatic rings. The Balaban J connectivity index is 1.90. The van der Waals surface area contributed by atoms with Crippen molar-refractivity contribution in [3.05, 3.63) is 29.8 Å². The largest absolute Gasteiger partial charge is 0.392 e. The molecular formula is C15H23NO. The van der Waals surface area contributed by atoms with Crippen LogP contribution in [0.4, 0.5) is 5.69 Å². The molecule has 1 aliphatic carbocycles. The van der Waals surface area contributed by atoms with Gasteiger partial charge in [0.05, 0.1) is 6.61 Å². The molecule has 2 N–H and O–H groups in total. The summed E-state index contributed by atoms with van der Waals surface area (Å²) in [6, 6.07) is 8.74. The lowest BCUT2D eigenvalue weighted by molar-refractivity contribution is 0.282. The molecule has 2 rings (SSSR count). The lowest BCUT2D eigenvalue weighted by Gasteiger charge is -2.18. The van der Waals surface area contributed by atoms with Crippen molar-refractivity contribution in [1.82, 2.24) is 0 Å². The Labute approximate surface area is 104 Å². The van der Waals surface area contributed by atoms with Crippen LogP contribution in [0.15, 0.2) is 24.3 Å². The highest BCUT2D eigenvalue weighted by Crippen LogP contribution is 2.25. The summed E-state index contributed by atoms with van der Waals surface area (Å²) < 4.78 is 0. The normalized spacial score (nSPS) is 25.3. The first-order valence-electron chi connectivity index (χ1n) is 6.74. The van der Waals surface area contributed by atoms with Gasteiger partial charge in [0.2, 0.25) is 0 Å². The van der Waals surface area contributed by atoms with E-state index in [1.165, 1.54) is 37.8 Å². The minimum absolute atomic E-state index is 0.126. The lowest BCUT2D eigenvalue weighted by Crippen LogP contribution is -2.18. The van der Waals surface area contributed by atoms with E-state index in [2.05, 4.69) is 24.4 Å². The van der Waals surface area contributed by atoms with E-state index in [-0.39, 0.29) is 6.61 Å². The standard InChI is InChI=1S/C15H23NO/c1-12-3-2-4-14(8-5-12)16-15-9-6-13(11-17)7-10-15/h6-7,9-10,12,14,16-17H,2-5,8,11H2,1H3. The minimum Gasteiger partial charge on any atom is -0.392 e. The molecular weight excluding hydrogens is 210 g/mol. The Morgan fingerprint density at radius 3 is 2.59 bits per heavy atom. The van der Waals surface area contributed by atoms with Gasteiger partial charge in [-0.15, -0.1) is 0 Å². The van der Waals surface area contributed by atoms with Crippen LogP contribution in [-0.4, -0.2) is 11.1 Å². The maximum atomic E-state index is 9.00. The van der Waals surface area contributed by atoms with Crippen molar-refractivity contribution >= 4 is 5.69 Å². The molecule has 0 amide bonds. The number of benzene rings is 1. The van der Waals surface area contributed by atoms with E-state index in [1.54, 1.807) is 0 Å². The molecule has 0 aliphatic heterocycles. The summed E-state index contributed by atoms with van der Waals surface area (Å²) in [5, 5.41) is 12.6. The molecule has 1 saturated carbocycles. The van der Waals surface area contributed by atoms with Crippen molar-refractivity contribution in [3.8, 4) is 0 Å². The highest BCUT2D eigenvalue weighted by Gasteiger charge is 2.15. The second kappa shape index (κ2) is 6.06. The fraction of sp³-hybridized carbons (Fsp3) is 0.600. The van der Waals surface area contributed by atoms with Crippen LogP contribution in [0.1, 0.15) is 44.6 Å². The van der Waals surface area contributed by atoms with Gasteiger partial charge in [-0.1, -0.05) is 31.9 Å².